The Morgan fingerprint density at radius 2 is 2.46 bits per heavy atom. The largest absolute Gasteiger partial charge is 0.399 e. The summed E-state index contributed by atoms with van der Waals surface area (Å²) in [7, 11) is 0. The maximum Gasteiger partial charge on any atom is 0.128 e. The number of nitrogens with two attached hydrogens (primary N) is 1. The van der Waals surface area contributed by atoms with E-state index in [4.69, 9.17) is 5.73 Å². The van der Waals surface area contributed by atoms with E-state index in [0.717, 1.165) is 17.3 Å². The van der Waals surface area contributed by atoms with Gasteiger partial charge in [0.15, 0.2) is 0 Å². The van der Waals surface area contributed by atoms with Crippen LogP contribution >= 0.6 is 11.8 Å². The van der Waals surface area contributed by atoms with Crippen LogP contribution in [0, 0.1) is 0 Å². The van der Waals surface area contributed by atoms with Gasteiger partial charge in [-0.25, -0.2) is 4.98 Å². The van der Waals surface area contributed by atoms with Crippen molar-refractivity contribution in [3.8, 4) is 0 Å². The average Bonchev–Trinajstić information content (AvgIpc) is 2.04. The predicted octanol–water partition coefficient (Wildman–Crippen LogP) is 1.83. The van der Waals surface area contributed by atoms with Gasteiger partial charge < -0.3 is 11.1 Å². The molecule has 0 aliphatic heterocycles. The molecule has 4 heteroatoms. The maximum atomic E-state index is 5.62. The molecular formula is C9H15N3S. The zero-order chi connectivity index (χ0) is 9.68. The molecule has 1 rings (SSSR count). The highest BCUT2D eigenvalue weighted by molar-refractivity contribution is 7.98. The summed E-state index contributed by atoms with van der Waals surface area (Å²) < 4.78 is 0. The Hall–Kier alpha value is -0.900. The number of nitrogens with zero attached hydrogens (tertiary/aromatic N) is 1. The molecule has 1 unspecified atom stereocenters. The van der Waals surface area contributed by atoms with E-state index in [2.05, 4.69) is 23.5 Å². The van der Waals surface area contributed by atoms with Crippen LogP contribution in [0.4, 0.5) is 11.5 Å². The van der Waals surface area contributed by atoms with Gasteiger partial charge in [0.2, 0.25) is 0 Å². The van der Waals surface area contributed by atoms with E-state index in [-0.39, 0.29) is 0 Å². The third kappa shape index (κ3) is 3.55. The smallest absolute Gasteiger partial charge is 0.128 e. The molecule has 0 saturated heterocycles. The lowest BCUT2D eigenvalue weighted by molar-refractivity contribution is 0.903. The minimum atomic E-state index is 0.421. The summed E-state index contributed by atoms with van der Waals surface area (Å²) in [5.41, 5.74) is 6.37. The second-order valence-corrected chi connectivity index (χ2v) is 3.89. The van der Waals surface area contributed by atoms with Crippen LogP contribution in [0.3, 0.4) is 0 Å². The summed E-state index contributed by atoms with van der Waals surface area (Å²) >= 11 is 1.81. The van der Waals surface area contributed by atoms with Crippen molar-refractivity contribution in [2.75, 3.05) is 23.1 Å². The lowest BCUT2D eigenvalue weighted by Crippen LogP contribution is -2.18. The van der Waals surface area contributed by atoms with Gasteiger partial charge >= 0.3 is 0 Å². The lowest BCUT2D eigenvalue weighted by atomic mass is 10.3. The summed E-state index contributed by atoms with van der Waals surface area (Å²) in [4.78, 5) is 4.16. The molecule has 3 N–H and O–H groups in total. The van der Waals surface area contributed by atoms with Gasteiger partial charge in [-0.15, -0.1) is 0 Å². The number of anilines is 2. The van der Waals surface area contributed by atoms with Crippen molar-refractivity contribution in [1.82, 2.24) is 4.98 Å². The molecule has 1 aromatic heterocycles. The first kappa shape index (κ1) is 10.2. The van der Waals surface area contributed by atoms with Gasteiger partial charge in [-0.1, -0.05) is 0 Å². The van der Waals surface area contributed by atoms with Crippen molar-refractivity contribution in [2.45, 2.75) is 13.0 Å². The first-order valence-corrected chi connectivity index (χ1v) is 5.58. The van der Waals surface area contributed by atoms with E-state index in [1.54, 1.807) is 12.3 Å². The van der Waals surface area contributed by atoms with E-state index < -0.39 is 0 Å². The van der Waals surface area contributed by atoms with Crippen LogP contribution in [0.1, 0.15) is 6.92 Å². The molecule has 0 fully saturated rings. The SMILES string of the molecule is CSCC(C)Nc1cc(N)ccn1. The number of aromatic nitrogens is 1. The van der Waals surface area contributed by atoms with Crippen molar-refractivity contribution < 1.29 is 0 Å². The Balaban J connectivity index is 2.53. The van der Waals surface area contributed by atoms with Crippen LogP contribution in [0.2, 0.25) is 0 Å². The van der Waals surface area contributed by atoms with Gasteiger partial charge in [0.05, 0.1) is 0 Å². The fraction of sp³-hybridized carbons (Fsp3) is 0.444. The van der Waals surface area contributed by atoms with Crippen LogP contribution in [0.5, 0.6) is 0 Å². The van der Waals surface area contributed by atoms with E-state index in [9.17, 15) is 0 Å². The Morgan fingerprint density at radius 3 is 3.08 bits per heavy atom. The highest BCUT2D eigenvalue weighted by Gasteiger charge is 2.01. The molecule has 0 aliphatic carbocycles. The fourth-order valence-electron chi connectivity index (χ4n) is 1.07. The van der Waals surface area contributed by atoms with Crippen molar-refractivity contribution in [3.05, 3.63) is 18.3 Å². The number of hydrogen-bond donors (Lipinski definition) is 2. The van der Waals surface area contributed by atoms with Crippen molar-refractivity contribution in [1.29, 1.82) is 0 Å². The number of rotatable bonds is 4. The summed E-state index contributed by atoms with van der Waals surface area (Å²) in [6.45, 7) is 2.13. The van der Waals surface area contributed by atoms with Gasteiger partial charge in [0.1, 0.15) is 5.82 Å². The number of thioether (sulfide) groups is 1. The topological polar surface area (TPSA) is 50.9 Å². The number of pyridine rings is 1. The van der Waals surface area contributed by atoms with E-state index in [1.165, 1.54) is 0 Å². The predicted molar refractivity (Wildman–Crippen MR) is 60.1 cm³/mol. The second-order valence-electron chi connectivity index (χ2n) is 2.98. The molecular weight excluding hydrogens is 182 g/mol. The lowest BCUT2D eigenvalue weighted by Gasteiger charge is -2.12. The molecule has 0 bridgehead atoms. The molecule has 1 aromatic rings. The zero-order valence-electron chi connectivity index (χ0n) is 7.95. The molecule has 0 radical (unpaired) electrons. The molecule has 1 atom stereocenters. The first-order chi connectivity index (χ1) is 6.22. The molecule has 0 aromatic carbocycles. The number of nitrogen functional groups attached to an aromatic ring is 1. The van der Waals surface area contributed by atoms with Crippen LogP contribution in [0.25, 0.3) is 0 Å². The summed E-state index contributed by atoms with van der Waals surface area (Å²) in [5, 5.41) is 3.27. The normalized spacial score (nSPS) is 12.5. The third-order valence-corrected chi connectivity index (χ3v) is 2.43. The highest BCUT2D eigenvalue weighted by Crippen LogP contribution is 2.10. The van der Waals surface area contributed by atoms with Gasteiger partial charge in [0.25, 0.3) is 0 Å². The van der Waals surface area contributed by atoms with Gasteiger partial charge in [-0.3, -0.25) is 0 Å². The first-order valence-electron chi connectivity index (χ1n) is 4.19. The van der Waals surface area contributed by atoms with Gasteiger partial charge in [-0.05, 0) is 19.2 Å². The quantitative estimate of drug-likeness (QED) is 0.773. The van der Waals surface area contributed by atoms with Crippen LogP contribution < -0.4 is 11.1 Å². The molecule has 0 saturated carbocycles. The standard InChI is InChI=1S/C9H15N3S/c1-7(6-13-2)12-9-5-8(10)3-4-11-9/h3-5,7H,6H2,1-2H3,(H3,10,11,12). The molecule has 0 spiro atoms. The molecule has 0 amide bonds. The van der Waals surface area contributed by atoms with Crippen LogP contribution in [0.15, 0.2) is 18.3 Å². The molecule has 3 nitrogen and oxygen atoms in total. The monoisotopic (exact) mass is 197 g/mol. The number of hydrogen-bond acceptors (Lipinski definition) is 4. The Bertz CT molecular complexity index is 265. The van der Waals surface area contributed by atoms with Crippen molar-refractivity contribution in [2.24, 2.45) is 0 Å². The van der Waals surface area contributed by atoms with Gasteiger partial charge in [0, 0.05) is 29.7 Å². The van der Waals surface area contributed by atoms with Crippen LogP contribution in [-0.2, 0) is 0 Å². The summed E-state index contributed by atoms with van der Waals surface area (Å²) in [6, 6.07) is 4.05. The highest BCUT2D eigenvalue weighted by atomic mass is 32.2. The van der Waals surface area contributed by atoms with Crippen molar-refractivity contribution >= 4 is 23.3 Å². The van der Waals surface area contributed by atoms with E-state index in [1.807, 2.05) is 17.8 Å². The van der Waals surface area contributed by atoms with E-state index >= 15 is 0 Å². The number of nitrogens with one attached hydrogen (secondary N) is 1. The third-order valence-electron chi connectivity index (χ3n) is 1.59. The molecule has 0 aliphatic rings. The zero-order valence-corrected chi connectivity index (χ0v) is 8.77. The minimum Gasteiger partial charge on any atom is -0.399 e. The van der Waals surface area contributed by atoms with Crippen molar-refractivity contribution in [3.63, 3.8) is 0 Å². The minimum absolute atomic E-state index is 0.421. The Kier molecular flexibility index (Phi) is 3.89. The fourth-order valence-corrected chi connectivity index (χ4v) is 1.65. The summed E-state index contributed by atoms with van der Waals surface area (Å²) in [6.07, 6.45) is 3.80. The van der Waals surface area contributed by atoms with Gasteiger partial charge in [-0.2, -0.15) is 11.8 Å². The molecule has 72 valence electrons. The maximum absolute atomic E-state index is 5.62. The van der Waals surface area contributed by atoms with E-state index in [0.29, 0.717) is 6.04 Å². The summed E-state index contributed by atoms with van der Waals surface area (Å²) in [5.74, 6) is 1.91. The average molecular weight is 197 g/mol. The molecule has 13 heavy (non-hydrogen) atoms. The second kappa shape index (κ2) is 4.97. The molecule has 1 heterocycles. The Labute approximate surface area is 83.1 Å². The van der Waals surface area contributed by atoms with Crippen LogP contribution in [-0.4, -0.2) is 23.0 Å². The Morgan fingerprint density at radius 1 is 1.69 bits per heavy atom.